The first-order valence-corrected chi connectivity index (χ1v) is 9.84. The van der Waals surface area contributed by atoms with Gasteiger partial charge in [-0.25, -0.2) is 0 Å². The third kappa shape index (κ3) is 4.87. The molecule has 1 aliphatic rings. The van der Waals surface area contributed by atoms with Gasteiger partial charge in [0, 0.05) is 35.9 Å². The van der Waals surface area contributed by atoms with E-state index >= 15 is 0 Å². The molecule has 1 aliphatic heterocycles. The average molecular weight is 421 g/mol. The Morgan fingerprint density at radius 3 is 2.37 bits per heavy atom. The Bertz CT molecular complexity index is 901. The summed E-state index contributed by atoms with van der Waals surface area (Å²) >= 11 is 0. The highest BCUT2D eigenvalue weighted by Crippen LogP contribution is 2.25. The number of nitrogens with zero attached hydrogens (tertiary/aromatic N) is 1. The molecule has 1 aromatic carbocycles. The summed E-state index contributed by atoms with van der Waals surface area (Å²) in [6.07, 6.45) is 0.287. The number of hydrogen-bond acceptors (Lipinski definition) is 5. The predicted octanol–water partition coefficient (Wildman–Crippen LogP) is 4.24. The van der Waals surface area contributed by atoms with Crippen molar-refractivity contribution in [1.29, 1.82) is 0 Å². The van der Waals surface area contributed by atoms with E-state index in [-0.39, 0.29) is 23.4 Å². The highest BCUT2D eigenvalue weighted by Gasteiger charge is 2.29. The van der Waals surface area contributed by atoms with Crippen LogP contribution in [0.2, 0.25) is 0 Å². The Hall–Kier alpha value is -2.74. The molecule has 6 nitrogen and oxygen atoms in total. The minimum Gasteiger partial charge on any atom is -0.454 e. The number of Topliss-reactive ketones (excluding diaryl/α,β-unsaturated/α-hetero) is 1. The van der Waals surface area contributed by atoms with Crippen molar-refractivity contribution in [3.63, 3.8) is 0 Å². The molecule has 0 spiro atoms. The summed E-state index contributed by atoms with van der Waals surface area (Å²) < 4.78 is 41.6. The van der Waals surface area contributed by atoms with Gasteiger partial charge in [0.2, 0.25) is 5.78 Å². The van der Waals surface area contributed by atoms with Crippen molar-refractivity contribution in [2.75, 3.05) is 13.2 Å². The lowest BCUT2D eigenvalue weighted by molar-refractivity contribution is -0.154. The van der Waals surface area contributed by atoms with E-state index in [1.54, 1.807) is 32.0 Å². The number of aryl methyl sites for hydroxylation is 1. The lowest BCUT2D eigenvalue weighted by Crippen LogP contribution is -2.31. The van der Waals surface area contributed by atoms with Gasteiger partial charge in [-0.15, -0.1) is 0 Å². The van der Waals surface area contributed by atoms with Gasteiger partial charge in [-0.2, -0.15) is 8.78 Å². The average Bonchev–Trinajstić information content (AvgIpc) is 3.02. The Morgan fingerprint density at radius 2 is 1.77 bits per heavy atom. The number of esters is 1. The molecule has 1 saturated heterocycles. The zero-order valence-electron chi connectivity index (χ0n) is 17.2. The topological polar surface area (TPSA) is 66.8 Å². The van der Waals surface area contributed by atoms with Gasteiger partial charge in [-0.05, 0) is 63.9 Å². The first-order chi connectivity index (χ1) is 14.3. The first kappa shape index (κ1) is 22.0. The van der Waals surface area contributed by atoms with Gasteiger partial charge >= 0.3 is 12.6 Å². The van der Waals surface area contributed by atoms with E-state index in [1.165, 1.54) is 12.1 Å². The number of ketones is 1. The zero-order valence-corrected chi connectivity index (χ0v) is 17.2. The van der Waals surface area contributed by atoms with E-state index in [9.17, 15) is 18.4 Å². The van der Waals surface area contributed by atoms with Crippen LogP contribution in [-0.2, 0) is 14.3 Å². The standard InChI is InChI=1S/C22H25F2NO5/c1-13-12-19(20(26)15(3)29-21(27)16-8-10-28-11-9-16)14(2)25(13)17-4-6-18(7-5-17)30-22(23)24/h4-7,12,15-16,22H,8-11H2,1-3H3. The van der Waals surface area contributed by atoms with Gasteiger partial charge in [0.15, 0.2) is 6.10 Å². The van der Waals surface area contributed by atoms with Gasteiger partial charge in [0.1, 0.15) is 5.75 Å². The fraction of sp³-hybridized carbons (Fsp3) is 0.455. The molecule has 162 valence electrons. The lowest BCUT2D eigenvalue weighted by Gasteiger charge is -2.22. The molecule has 2 aromatic rings. The zero-order chi connectivity index (χ0) is 21.8. The van der Waals surface area contributed by atoms with E-state index in [0.29, 0.717) is 43.0 Å². The molecular formula is C22H25F2NO5. The molecule has 1 fully saturated rings. The predicted molar refractivity (Wildman–Crippen MR) is 105 cm³/mol. The number of halogens is 2. The SMILES string of the molecule is Cc1cc(C(=O)C(C)OC(=O)C2CCOCC2)c(C)n1-c1ccc(OC(F)F)cc1. The van der Waals surface area contributed by atoms with Gasteiger partial charge in [0.05, 0.1) is 5.92 Å². The van der Waals surface area contributed by atoms with E-state index in [1.807, 2.05) is 11.5 Å². The maximum atomic E-state index is 12.9. The van der Waals surface area contributed by atoms with Crippen LogP contribution in [0, 0.1) is 19.8 Å². The van der Waals surface area contributed by atoms with E-state index in [4.69, 9.17) is 9.47 Å². The van der Waals surface area contributed by atoms with Gasteiger partial charge in [-0.3, -0.25) is 9.59 Å². The van der Waals surface area contributed by atoms with Crippen molar-refractivity contribution >= 4 is 11.8 Å². The van der Waals surface area contributed by atoms with Gasteiger partial charge in [0.25, 0.3) is 0 Å². The second-order valence-corrected chi connectivity index (χ2v) is 7.32. The molecule has 30 heavy (non-hydrogen) atoms. The van der Waals surface area contributed by atoms with E-state index in [2.05, 4.69) is 4.74 Å². The van der Waals surface area contributed by atoms with Crippen molar-refractivity contribution in [2.45, 2.75) is 46.3 Å². The number of alkyl halides is 2. The van der Waals surface area contributed by atoms with Crippen LogP contribution in [0.15, 0.2) is 30.3 Å². The van der Waals surface area contributed by atoms with Crippen LogP contribution in [0.1, 0.15) is 41.5 Å². The van der Waals surface area contributed by atoms with Crippen LogP contribution >= 0.6 is 0 Å². The van der Waals surface area contributed by atoms with E-state index < -0.39 is 12.7 Å². The normalized spacial score (nSPS) is 15.8. The lowest BCUT2D eigenvalue weighted by atomic mass is 10.0. The number of hydrogen-bond donors (Lipinski definition) is 0. The second-order valence-electron chi connectivity index (χ2n) is 7.32. The second kappa shape index (κ2) is 9.38. The molecule has 0 radical (unpaired) electrons. The minimum absolute atomic E-state index is 0.0566. The smallest absolute Gasteiger partial charge is 0.387 e. The summed E-state index contributed by atoms with van der Waals surface area (Å²) in [7, 11) is 0. The molecule has 1 unspecified atom stereocenters. The third-order valence-electron chi connectivity index (χ3n) is 5.23. The Labute approximate surface area is 173 Å². The molecule has 8 heteroatoms. The maximum absolute atomic E-state index is 12.9. The van der Waals surface area contributed by atoms with Crippen LogP contribution in [-0.4, -0.2) is 42.2 Å². The van der Waals surface area contributed by atoms with Crippen LogP contribution in [0.4, 0.5) is 8.78 Å². The first-order valence-electron chi connectivity index (χ1n) is 9.84. The van der Waals surface area contributed by atoms with Crippen molar-refractivity contribution < 1.29 is 32.6 Å². The molecule has 2 heterocycles. The largest absolute Gasteiger partial charge is 0.454 e. The number of carbonyl (C=O) groups is 2. The summed E-state index contributed by atoms with van der Waals surface area (Å²) in [5.41, 5.74) is 2.63. The van der Waals surface area contributed by atoms with Crippen LogP contribution in [0.3, 0.4) is 0 Å². The number of carbonyl (C=O) groups excluding carboxylic acids is 2. The van der Waals surface area contributed by atoms with Crippen LogP contribution in [0.25, 0.3) is 5.69 Å². The van der Waals surface area contributed by atoms with Crippen LogP contribution < -0.4 is 4.74 Å². The van der Waals surface area contributed by atoms with Crippen molar-refractivity contribution in [3.05, 3.63) is 47.3 Å². The van der Waals surface area contributed by atoms with E-state index in [0.717, 1.165) is 5.69 Å². The molecule has 0 N–H and O–H groups in total. The third-order valence-corrected chi connectivity index (χ3v) is 5.23. The molecule has 0 bridgehead atoms. The highest BCUT2D eigenvalue weighted by molar-refractivity contribution is 6.01. The molecule has 0 saturated carbocycles. The minimum atomic E-state index is -2.89. The Kier molecular flexibility index (Phi) is 6.87. The fourth-order valence-electron chi connectivity index (χ4n) is 3.66. The number of rotatable bonds is 7. The molecule has 0 amide bonds. The number of ether oxygens (including phenoxy) is 3. The number of aromatic nitrogens is 1. The maximum Gasteiger partial charge on any atom is 0.387 e. The summed E-state index contributed by atoms with van der Waals surface area (Å²) in [5, 5.41) is 0. The van der Waals surface area contributed by atoms with Gasteiger partial charge < -0.3 is 18.8 Å². The molecule has 1 atom stereocenters. The quantitative estimate of drug-likeness (QED) is 0.494. The molecule has 0 aliphatic carbocycles. The van der Waals surface area contributed by atoms with Gasteiger partial charge in [-0.1, -0.05) is 0 Å². The summed E-state index contributed by atoms with van der Waals surface area (Å²) in [6, 6.07) is 7.90. The van der Waals surface area contributed by atoms with Crippen molar-refractivity contribution in [2.24, 2.45) is 5.92 Å². The fourth-order valence-corrected chi connectivity index (χ4v) is 3.66. The van der Waals surface area contributed by atoms with Crippen molar-refractivity contribution in [3.8, 4) is 11.4 Å². The molecule has 1 aromatic heterocycles. The van der Waals surface area contributed by atoms with Crippen molar-refractivity contribution in [1.82, 2.24) is 4.57 Å². The summed E-state index contributed by atoms with van der Waals surface area (Å²) in [4.78, 5) is 25.3. The Morgan fingerprint density at radius 1 is 1.13 bits per heavy atom. The summed E-state index contributed by atoms with van der Waals surface area (Å²) in [6.45, 7) is 3.35. The Balaban J connectivity index is 1.75. The molecular weight excluding hydrogens is 396 g/mol. The monoisotopic (exact) mass is 421 g/mol. The highest BCUT2D eigenvalue weighted by atomic mass is 19.3. The number of benzene rings is 1. The molecule has 3 rings (SSSR count). The van der Waals surface area contributed by atoms with Crippen LogP contribution in [0.5, 0.6) is 5.75 Å². The summed E-state index contributed by atoms with van der Waals surface area (Å²) in [5.74, 6) is -0.841.